The molecule has 0 spiro atoms. The molecule has 96 valence electrons. The van der Waals surface area contributed by atoms with Crippen molar-refractivity contribution < 1.29 is 23.1 Å². The molecular formula is C11H19F3O2. The highest BCUT2D eigenvalue weighted by Crippen LogP contribution is 2.22. The molecule has 0 aromatic rings. The van der Waals surface area contributed by atoms with Gasteiger partial charge in [0.1, 0.15) is 0 Å². The maximum atomic E-state index is 11.9. The lowest BCUT2D eigenvalue weighted by molar-refractivity contribution is -0.203. The molecule has 0 saturated carbocycles. The van der Waals surface area contributed by atoms with Gasteiger partial charge in [-0.1, -0.05) is 39.0 Å². The standard InChI is InChI=1S/C11H19F3O2/c1-2-3-4-5-6-7-8-9(15)10(16)11(12,13)14/h10,16H,2-8H2,1H3/t10-/m0/s1. The fourth-order valence-electron chi connectivity index (χ4n) is 1.40. The van der Waals surface area contributed by atoms with Gasteiger partial charge in [0.15, 0.2) is 5.78 Å². The Morgan fingerprint density at radius 3 is 2.12 bits per heavy atom. The van der Waals surface area contributed by atoms with E-state index in [1.54, 1.807) is 0 Å². The first kappa shape index (κ1) is 15.4. The van der Waals surface area contributed by atoms with Crippen molar-refractivity contribution in [2.75, 3.05) is 0 Å². The Labute approximate surface area is 93.8 Å². The third-order valence-electron chi connectivity index (χ3n) is 2.39. The number of ketones is 1. The van der Waals surface area contributed by atoms with E-state index in [9.17, 15) is 18.0 Å². The normalized spacial score (nSPS) is 13.8. The molecule has 2 nitrogen and oxygen atoms in total. The molecule has 0 fully saturated rings. The molecule has 0 aromatic heterocycles. The zero-order chi connectivity index (χ0) is 12.6. The van der Waals surface area contributed by atoms with E-state index in [2.05, 4.69) is 6.92 Å². The third kappa shape index (κ3) is 6.82. The Hall–Kier alpha value is -0.580. The van der Waals surface area contributed by atoms with Gasteiger partial charge in [0.2, 0.25) is 6.10 Å². The summed E-state index contributed by atoms with van der Waals surface area (Å²) in [7, 11) is 0. The van der Waals surface area contributed by atoms with Crippen molar-refractivity contribution in [2.24, 2.45) is 0 Å². The summed E-state index contributed by atoms with van der Waals surface area (Å²) >= 11 is 0. The SMILES string of the molecule is CCCCCCCCC(=O)[C@H](O)C(F)(F)F. The van der Waals surface area contributed by atoms with Crippen LogP contribution in [0, 0.1) is 0 Å². The first-order valence-electron chi connectivity index (χ1n) is 5.67. The van der Waals surface area contributed by atoms with E-state index in [4.69, 9.17) is 5.11 Å². The Kier molecular flexibility index (Phi) is 7.38. The first-order valence-corrected chi connectivity index (χ1v) is 5.67. The average Bonchev–Trinajstić information content (AvgIpc) is 2.20. The maximum absolute atomic E-state index is 11.9. The van der Waals surface area contributed by atoms with Crippen molar-refractivity contribution in [1.82, 2.24) is 0 Å². The van der Waals surface area contributed by atoms with Crippen LogP contribution in [-0.4, -0.2) is 23.2 Å². The summed E-state index contributed by atoms with van der Waals surface area (Å²) in [6, 6.07) is 0. The Bertz CT molecular complexity index is 202. The van der Waals surface area contributed by atoms with Crippen LogP contribution in [0.5, 0.6) is 0 Å². The molecule has 0 rings (SSSR count). The van der Waals surface area contributed by atoms with Crippen LogP contribution in [0.3, 0.4) is 0 Å². The smallest absolute Gasteiger partial charge is 0.377 e. The molecule has 0 unspecified atom stereocenters. The van der Waals surface area contributed by atoms with E-state index in [0.717, 1.165) is 32.1 Å². The molecule has 16 heavy (non-hydrogen) atoms. The number of alkyl halides is 3. The van der Waals surface area contributed by atoms with Crippen LogP contribution in [0.4, 0.5) is 13.2 Å². The van der Waals surface area contributed by atoms with Crippen LogP contribution < -0.4 is 0 Å². The molecule has 0 aliphatic carbocycles. The number of Topliss-reactive ketones (excluding diaryl/α,β-unsaturated/α-hetero) is 1. The van der Waals surface area contributed by atoms with Gasteiger partial charge in [-0.15, -0.1) is 0 Å². The van der Waals surface area contributed by atoms with Crippen molar-refractivity contribution in [3.05, 3.63) is 0 Å². The summed E-state index contributed by atoms with van der Waals surface area (Å²) in [5, 5.41) is 8.62. The second kappa shape index (κ2) is 7.65. The van der Waals surface area contributed by atoms with Gasteiger partial charge >= 0.3 is 6.18 Å². The Morgan fingerprint density at radius 1 is 1.12 bits per heavy atom. The number of aliphatic hydroxyl groups is 1. The van der Waals surface area contributed by atoms with E-state index >= 15 is 0 Å². The second-order valence-electron chi connectivity index (χ2n) is 3.93. The molecule has 0 aliphatic rings. The number of carbonyl (C=O) groups excluding carboxylic acids is 1. The van der Waals surface area contributed by atoms with E-state index < -0.39 is 18.1 Å². The molecule has 0 amide bonds. The Morgan fingerprint density at radius 2 is 1.62 bits per heavy atom. The molecule has 5 heteroatoms. The average molecular weight is 240 g/mol. The van der Waals surface area contributed by atoms with Crippen molar-refractivity contribution >= 4 is 5.78 Å². The van der Waals surface area contributed by atoms with Crippen LogP contribution >= 0.6 is 0 Å². The fourth-order valence-corrected chi connectivity index (χ4v) is 1.40. The zero-order valence-corrected chi connectivity index (χ0v) is 9.52. The van der Waals surface area contributed by atoms with Gasteiger partial charge in [-0.05, 0) is 6.42 Å². The molecule has 0 bridgehead atoms. The topological polar surface area (TPSA) is 37.3 Å². The van der Waals surface area contributed by atoms with Gasteiger partial charge in [-0.25, -0.2) is 0 Å². The number of unbranched alkanes of at least 4 members (excludes halogenated alkanes) is 5. The number of aliphatic hydroxyl groups excluding tert-OH is 1. The minimum Gasteiger partial charge on any atom is -0.377 e. The van der Waals surface area contributed by atoms with Gasteiger partial charge in [0.05, 0.1) is 0 Å². The fraction of sp³-hybridized carbons (Fsp3) is 0.909. The minimum absolute atomic E-state index is 0.188. The van der Waals surface area contributed by atoms with Crippen LogP contribution in [-0.2, 0) is 4.79 Å². The van der Waals surface area contributed by atoms with Gasteiger partial charge in [-0.2, -0.15) is 13.2 Å². The summed E-state index contributed by atoms with van der Waals surface area (Å²) in [5.41, 5.74) is 0. The Balaban J connectivity index is 3.58. The predicted molar refractivity (Wildman–Crippen MR) is 55.1 cm³/mol. The quantitative estimate of drug-likeness (QED) is 0.661. The lowest BCUT2D eigenvalue weighted by atomic mass is 10.1. The van der Waals surface area contributed by atoms with E-state index in [0.29, 0.717) is 6.42 Å². The monoisotopic (exact) mass is 240 g/mol. The molecule has 1 N–H and O–H groups in total. The first-order chi connectivity index (χ1) is 7.39. The summed E-state index contributed by atoms with van der Waals surface area (Å²) in [6.07, 6.45) is -2.44. The minimum atomic E-state index is -4.82. The summed E-state index contributed by atoms with van der Waals surface area (Å²) in [4.78, 5) is 10.9. The number of hydrogen-bond donors (Lipinski definition) is 1. The van der Waals surface area contributed by atoms with Crippen LogP contribution in [0.1, 0.15) is 51.9 Å². The van der Waals surface area contributed by atoms with Crippen molar-refractivity contribution in [2.45, 2.75) is 64.1 Å². The highest BCUT2D eigenvalue weighted by molar-refractivity contribution is 5.83. The molecule has 0 heterocycles. The molecule has 0 aromatic carbocycles. The molecule has 0 radical (unpaired) electrons. The second-order valence-corrected chi connectivity index (χ2v) is 3.93. The van der Waals surface area contributed by atoms with Crippen molar-refractivity contribution in [1.29, 1.82) is 0 Å². The number of halogens is 3. The summed E-state index contributed by atoms with van der Waals surface area (Å²) in [5.74, 6) is -1.12. The maximum Gasteiger partial charge on any atom is 0.421 e. The molecular weight excluding hydrogens is 221 g/mol. The highest BCUT2D eigenvalue weighted by Gasteiger charge is 2.42. The third-order valence-corrected chi connectivity index (χ3v) is 2.39. The lowest BCUT2D eigenvalue weighted by Crippen LogP contribution is -2.36. The largest absolute Gasteiger partial charge is 0.421 e. The lowest BCUT2D eigenvalue weighted by Gasteiger charge is -2.12. The van der Waals surface area contributed by atoms with Crippen LogP contribution in [0.2, 0.25) is 0 Å². The predicted octanol–water partition coefficient (Wildman–Crippen LogP) is 3.23. The van der Waals surface area contributed by atoms with Crippen molar-refractivity contribution in [3.8, 4) is 0 Å². The van der Waals surface area contributed by atoms with Gasteiger partial charge < -0.3 is 5.11 Å². The number of carbonyl (C=O) groups is 1. The van der Waals surface area contributed by atoms with E-state index in [-0.39, 0.29) is 6.42 Å². The molecule has 0 saturated heterocycles. The van der Waals surface area contributed by atoms with Crippen LogP contribution in [0.15, 0.2) is 0 Å². The van der Waals surface area contributed by atoms with Gasteiger partial charge in [0.25, 0.3) is 0 Å². The van der Waals surface area contributed by atoms with Gasteiger partial charge in [-0.3, -0.25) is 4.79 Å². The summed E-state index contributed by atoms with van der Waals surface area (Å²) in [6.45, 7) is 2.07. The summed E-state index contributed by atoms with van der Waals surface area (Å²) < 4.78 is 35.7. The van der Waals surface area contributed by atoms with E-state index in [1.165, 1.54) is 0 Å². The van der Waals surface area contributed by atoms with E-state index in [1.807, 2.05) is 0 Å². The number of hydrogen-bond acceptors (Lipinski definition) is 2. The molecule has 1 atom stereocenters. The number of rotatable bonds is 8. The zero-order valence-electron chi connectivity index (χ0n) is 9.52. The van der Waals surface area contributed by atoms with Gasteiger partial charge in [0, 0.05) is 6.42 Å². The molecule has 0 aliphatic heterocycles. The van der Waals surface area contributed by atoms with Crippen molar-refractivity contribution in [3.63, 3.8) is 0 Å². The highest BCUT2D eigenvalue weighted by atomic mass is 19.4. The van der Waals surface area contributed by atoms with Crippen LogP contribution in [0.25, 0.3) is 0 Å².